The number of carbonyl (C=O) groups excluding carboxylic acids is 2. The Labute approximate surface area is 202 Å². The first-order valence-electron chi connectivity index (χ1n) is 10.2. The van der Waals surface area contributed by atoms with E-state index < -0.39 is 6.04 Å². The minimum atomic E-state index is -0.651. The zero-order valence-electron chi connectivity index (χ0n) is 17.8. The van der Waals surface area contributed by atoms with Gasteiger partial charge >= 0.3 is 0 Å². The summed E-state index contributed by atoms with van der Waals surface area (Å²) in [6, 6.07) is 11.7. The molecule has 0 aliphatic rings. The third kappa shape index (κ3) is 7.70. The highest BCUT2D eigenvalue weighted by Gasteiger charge is 2.30. The molecular weight excluding hydrogens is 503 g/mol. The van der Waals surface area contributed by atoms with Crippen LogP contribution in [-0.4, -0.2) is 35.4 Å². The summed E-state index contributed by atoms with van der Waals surface area (Å²) in [4.78, 5) is 27.6. The van der Waals surface area contributed by atoms with Crippen LogP contribution in [0.2, 0.25) is 10.0 Å². The van der Waals surface area contributed by atoms with Crippen LogP contribution in [0.3, 0.4) is 0 Å². The Balaban J connectivity index is 2.24. The Morgan fingerprint density at radius 2 is 1.77 bits per heavy atom. The van der Waals surface area contributed by atoms with Gasteiger partial charge in [-0.25, -0.2) is 0 Å². The average molecular weight is 530 g/mol. The quantitative estimate of drug-likeness (QED) is 0.419. The molecule has 2 aromatic rings. The lowest BCUT2D eigenvalue weighted by molar-refractivity contribution is -0.143. The lowest BCUT2D eigenvalue weighted by Gasteiger charge is -2.31. The van der Waals surface area contributed by atoms with Crippen molar-refractivity contribution in [3.05, 3.63) is 62.5 Å². The van der Waals surface area contributed by atoms with Gasteiger partial charge in [0, 0.05) is 27.1 Å². The van der Waals surface area contributed by atoms with Gasteiger partial charge in [0.25, 0.3) is 5.91 Å². The Morgan fingerprint density at radius 3 is 2.35 bits per heavy atom. The lowest BCUT2D eigenvalue weighted by atomic mass is 10.1. The molecule has 0 bridgehead atoms. The zero-order chi connectivity index (χ0) is 23.0. The van der Waals surface area contributed by atoms with E-state index in [0.717, 1.165) is 10.9 Å². The van der Waals surface area contributed by atoms with E-state index in [4.69, 9.17) is 27.9 Å². The van der Waals surface area contributed by atoms with Crippen LogP contribution >= 0.6 is 39.1 Å². The number of rotatable bonds is 10. The van der Waals surface area contributed by atoms with E-state index in [-0.39, 0.29) is 31.0 Å². The van der Waals surface area contributed by atoms with Crippen LogP contribution in [0.15, 0.2) is 46.9 Å². The van der Waals surface area contributed by atoms with Crippen LogP contribution < -0.4 is 10.1 Å². The summed E-state index contributed by atoms with van der Waals surface area (Å²) in [5, 5.41) is 3.92. The molecule has 0 heterocycles. The Bertz CT molecular complexity index is 893. The maximum absolute atomic E-state index is 13.2. The first-order chi connectivity index (χ1) is 14.7. The highest BCUT2D eigenvalue weighted by molar-refractivity contribution is 9.10. The van der Waals surface area contributed by atoms with Crippen LogP contribution in [0.1, 0.15) is 39.2 Å². The molecule has 5 nitrogen and oxygen atoms in total. The molecule has 31 heavy (non-hydrogen) atoms. The highest BCUT2D eigenvalue weighted by atomic mass is 79.9. The number of hydrogen-bond acceptors (Lipinski definition) is 3. The normalized spacial score (nSPS) is 12.7. The molecule has 0 saturated heterocycles. The molecule has 0 aliphatic carbocycles. The summed E-state index contributed by atoms with van der Waals surface area (Å²) < 4.78 is 6.58. The molecule has 2 atom stereocenters. The van der Waals surface area contributed by atoms with Gasteiger partial charge in [-0.3, -0.25) is 9.59 Å². The summed E-state index contributed by atoms with van der Waals surface area (Å²) in [5.74, 6) is 0.0668. The number of amides is 2. The highest BCUT2D eigenvalue weighted by Crippen LogP contribution is 2.24. The summed E-state index contributed by atoms with van der Waals surface area (Å²) in [7, 11) is 0. The van der Waals surface area contributed by atoms with Crippen LogP contribution in [0, 0.1) is 0 Å². The van der Waals surface area contributed by atoms with Gasteiger partial charge in [0.1, 0.15) is 11.8 Å². The molecule has 0 saturated carbocycles. The molecule has 2 rings (SSSR count). The molecule has 2 aromatic carbocycles. The van der Waals surface area contributed by atoms with Crippen molar-refractivity contribution in [2.24, 2.45) is 0 Å². The largest absolute Gasteiger partial charge is 0.484 e. The van der Waals surface area contributed by atoms with E-state index in [1.54, 1.807) is 30.3 Å². The summed E-state index contributed by atoms with van der Waals surface area (Å²) >= 11 is 15.7. The van der Waals surface area contributed by atoms with E-state index in [0.29, 0.717) is 27.8 Å². The Kier molecular flexibility index (Phi) is 10.1. The number of halogens is 3. The van der Waals surface area contributed by atoms with Crippen LogP contribution in [0.4, 0.5) is 0 Å². The number of nitrogens with zero attached hydrogens (tertiary/aromatic N) is 1. The molecule has 2 amide bonds. The van der Waals surface area contributed by atoms with Crippen molar-refractivity contribution in [3.63, 3.8) is 0 Å². The molecule has 0 radical (unpaired) electrons. The van der Waals surface area contributed by atoms with Crippen molar-refractivity contribution in [3.8, 4) is 5.75 Å². The van der Waals surface area contributed by atoms with Gasteiger partial charge in [-0.2, -0.15) is 0 Å². The third-order valence-corrected chi connectivity index (χ3v) is 6.03. The van der Waals surface area contributed by atoms with E-state index in [9.17, 15) is 9.59 Å². The average Bonchev–Trinajstić information content (AvgIpc) is 2.74. The van der Waals surface area contributed by atoms with E-state index in [1.165, 1.54) is 4.90 Å². The van der Waals surface area contributed by atoms with Crippen LogP contribution in [-0.2, 0) is 16.1 Å². The second kappa shape index (κ2) is 12.3. The van der Waals surface area contributed by atoms with Crippen molar-refractivity contribution in [2.75, 3.05) is 6.61 Å². The topological polar surface area (TPSA) is 58.6 Å². The number of nitrogens with one attached hydrogen (secondary N) is 1. The number of carbonyl (C=O) groups is 2. The number of benzene rings is 2. The molecule has 8 heteroatoms. The predicted molar refractivity (Wildman–Crippen MR) is 129 cm³/mol. The van der Waals surface area contributed by atoms with E-state index >= 15 is 0 Å². The fourth-order valence-corrected chi connectivity index (χ4v) is 3.69. The summed E-state index contributed by atoms with van der Waals surface area (Å²) in [6.45, 7) is 5.78. The Hall–Kier alpha value is -1.76. The second-order valence-electron chi connectivity index (χ2n) is 7.24. The first-order valence-corrected chi connectivity index (χ1v) is 11.7. The smallest absolute Gasteiger partial charge is 0.261 e. The maximum Gasteiger partial charge on any atom is 0.261 e. The van der Waals surface area contributed by atoms with Gasteiger partial charge in [-0.15, -0.1) is 0 Å². The van der Waals surface area contributed by atoms with Gasteiger partial charge in [0.2, 0.25) is 5.91 Å². The zero-order valence-corrected chi connectivity index (χ0v) is 20.9. The van der Waals surface area contributed by atoms with Crippen molar-refractivity contribution >= 4 is 50.9 Å². The minimum absolute atomic E-state index is 0.0108. The maximum atomic E-state index is 13.2. The predicted octanol–water partition coefficient (Wildman–Crippen LogP) is 5.86. The number of ether oxygens (including phenoxy) is 1. The Morgan fingerprint density at radius 1 is 1.10 bits per heavy atom. The van der Waals surface area contributed by atoms with Crippen molar-refractivity contribution in [2.45, 2.75) is 52.2 Å². The molecule has 1 N–H and O–H groups in total. The molecule has 0 aromatic heterocycles. The van der Waals surface area contributed by atoms with Gasteiger partial charge in [0.15, 0.2) is 6.61 Å². The fourth-order valence-electron chi connectivity index (χ4n) is 2.95. The van der Waals surface area contributed by atoms with Crippen molar-refractivity contribution in [1.29, 1.82) is 0 Å². The van der Waals surface area contributed by atoms with Crippen molar-refractivity contribution in [1.82, 2.24) is 10.2 Å². The van der Waals surface area contributed by atoms with Crippen LogP contribution in [0.5, 0.6) is 5.75 Å². The van der Waals surface area contributed by atoms with E-state index in [2.05, 4.69) is 21.2 Å². The molecule has 0 fully saturated rings. The van der Waals surface area contributed by atoms with Gasteiger partial charge in [-0.1, -0.05) is 59.0 Å². The summed E-state index contributed by atoms with van der Waals surface area (Å²) in [6.07, 6.45) is 1.25. The van der Waals surface area contributed by atoms with Crippen LogP contribution in [0.25, 0.3) is 0 Å². The van der Waals surface area contributed by atoms with E-state index in [1.807, 2.05) is 32.9 Å². The molecule has 0 aliphatic heterocycles. The van der Waals surface area contributed by atoms with Gasteiger partial charge in [0.05, 0.1) is 0 Å². The molecule has 0 spiro atoms. The first kappa shape index (κ1) is 25.5. The fraction of sp³-hybridized carbons (Fsp3) is 0.391. The SMILES string of the molecule is CCC(C)NC(=O)C(CC)N(Cc1ccc(Cl)cc1Cl)C(=O)COc1ccc(Br)cc1. The molecule has 2 unspecified atom stereocenters. The van der Waals surface area contributed by atoms with Crippen molar-refractivity contribution < 1.29 is 14.3 Å². The lowest BCUT2D eigenvalue weighted by Crippen LogP contribution is -2.51. The minimum Gasteiger partial charge on any atom is -0.484 e. The van der Waals surface area contributed by atoms with Gasteiger partial charge in [-0.05, 0) is 61.7 Å². The molecular formula is C23H27BrCl2N2O3. The van der Waals surface area contributed by atoms with Gasteiger partial charge < -0.3 is 15.0 Å². The monoisotopic (exact) mass is 528 g/mol. The third-order valence-electron chi connectivity index (χ3n) is 4.92. The second-order valence-corrected chi connectivity index (χ2v) is 9.00. The molecule has 168 valence electrons. The number of hydrogen-bond donors (Lipinski definition) is 1. The summed E-state index contributed by atoms with van der Waals surface area (Å²) in [5.41, 5.74) is 0.706. The standard InChI is InChI=1S/C23H27BrCl2N2O3/c1-4-15(3)27-23(30)21(5-2)28(13-16-6-9-18(25)12-20(16)26)22(29)14-31-19-10-7-17(24)8-11-19/h6-12,15,21H,4-5,13-14H2,1-3H3,(H,27,30).